The Hall–Kier alpha value is -2.32. The summed E-state index contributed by atoms with van der Waals surface area (Å²) in [6.07, 6.45) is 9.78. The highest BCUT2D eigenvalue weighted by atomic mass is 32.2. The van der Waals surface area contributed by atoms with Gasteiger partial charge in [-0.15, -0.1) is 0 Å². The first-order chi connectivity index (χ1) is 16.7. The summed E-state index contributed by atoms with van der Waals surface area (Å²) in [5.41, 5.74) is 2.30. The van der Waals surface area contributed by atoms with Gasteiger partial charge in [0.05, 0.1) is 16.7 Å². The average Bonchev–Trinajstić information content (AvgIpc) is 3.15. The molecule has 190 valence electrons. The molecular formula is C27H38N4O3S. The van der Waals surface area contributed by atoms with Gasteiger partial charge in [-0.05, 0) is 61.8 Å². The number of amides is 2. The van der Waals surface area contributed by atoms with E-state index in [1.165, 1.54) is 12.8 Å². The van der Waals surface area contributed by atoms with Gasteiger partial charge in [0, 0.05) is 38.7 Å². The largest absolute Gasteiger partial charge is 0.316 e. The number of rotatable bonds is 6. The van der Waals surface area contributed by atoms with E-state index in [0.29, 0.717) is 37.6 Å². The normalized spacial score (nSPS) is 25.5. The molecule has 1 saturated carbocycles. The Labute approximate surface area is 211 Å². The first-order valence-corrected chi connectivity index (χ1v) is 14.0. The number of benzene rings is 1. The van der Waals surface area contributed by atoms with Crippen LogP contribution >= 0.6 is 0 Å². The van der Waals surface area contributed by atoms with Crippen LogP contribution in [-0.4, -0.2) is 57.6 Å². The zero-order valence-electron chi connectivity index (χ0n) is 21.4. The van der Waals surface area contributed by atoms with E-state index in [1.54, 1.807) is 18.9 Å². The smallest absolute Gasteiger partial charge is 0.253 e. The summed E-state index contributed by atoms with van der Waals surface area (Å²) < 4.78 is 14.9. The van der Waals surface area contributed by atoms with Crippen LogP contribution in [0.5, 0.6) is 0 Å². The summed E-state index contributed by atoms with van der Waals surface area (Å²) >= 11 is 0. The lowest BCUT2D eigenvalue weighted by molar-refractivity contribution is -0.125. The van der Waals surface area contributed by atoms with Crippen LogP contribution in [0.25, 0.3) is 6.08 Å². The average molecular weight is 499 g/mol. The number of piperidine rings is 1. The van der Waals surface area contributed by atoms with E-state index in [4.69, 9.17) is 4.99 Å². The standard InChI is InChI=1S/C27H38N4O3S/c1-19-7-9-23(10-8-19)25-28-26(33)27(29-25)13-15-31(16-14-27)35(34)17-5-6-22-11-12-24(18-20(22)2)30(4)21(3)32/h5-6,11-12,18-19,23H,7-10,13-17H2,1-4H3,(H,28,29,33)/b6-5+. The molecule has 0 radical (unpaired) electrons. The minimum Gasteiger partial charge on any atom is -0.316 e. The molecule has 0 aromatic heterocycles. The van der Waals surface area contributed by atoms with Gasteiger partial charge in [-0.25, -0.2) is 8.51 Å². The van der Waals surface area contributed by atoms with Gasteiger partial charge in [-0.1, -0.05) is 38.0 Å². The number of aryl methyl sites for hydroxylation is 1. The third kappa shape index (κ3) is 5.75. The van der Waals surface area contributed by atoms with Crippen LogP contribution in [-0.2, 0) is 20.6 Å². The fourth-order valence-electron chi connectivity index (χ4n) is 5.27. The van der Waals surface area contributed by atoms with Gasteiger partial charge < -0.3 is 10.2 Å². The molecule has 1 N–H and O–H groups in total. The molecule has 2 fully saturated rings. The van der Waals surface area contributed by atoms with Gasteiger partial charge in [0.15, 0.2) is 0 Å². The van der Waals surface area contributed by atoms with E-state index >= 15 is 0 Å². The van der Waals surface area contributed by atoms with Crippen molar-refractivity contribution in [2.45, 2.75) is 64.8 Å². The molecule has 1 aliphatic carbocycles. The van der Waals surface area contributed by atoms with E-state index in [2.05, 4.69) is 12.2 Å². The zero-order chi connectivity index (χ0) is 25.2. The summed E-state index contributed by atoms with van der Waals surface area (Å²) in [5, 5.41) is 3.10. The van der Waals surface area contributed by atoms with Crippen LogP contribution in [0.1, 0.15) is 63.5 Å². The van der Waals surface area contributed by atoms with E-state index in [9.17, 15) is 13.8 Å². The van der Waals surface area contributed by atoms with E-state index in [0.717, 1.165) is 41.4 Å². The number of nitrogens with zero attached hydrogens (tertiary/aromatic N) is 3. The molecule has 2 heterocycles. The second kappa shape index (κ2) is 10.7. The van der Waals surface area contributed by atoms with E-state index in [-0.39, 0.29) is 11.8 Å². The number of anilines is 1. The van der Waals surface area contributed by atoms with Crippen molar-refractivity contribution in [3.8, 4) is 0 Å². The number of amidine groups is 1. The first-order valence-electron chi connectivity index (χ1n) is 12.7. The maximum absolute atomic E-state index is 12.9. The Kier molecular flexibility index (Phi) is 7.91. The van der Waals surface area contributed by atoms with Crippen LogP contribution in [0.2, 0.25) is 0 Å². The third-order valence-electron chi connectivity index (χ3n) is 7.89. The van der Waals surface area contributed by atoms with Crippen molar-refractivity contribution in [1.29, 1.82) is 0 Å². The van der Waals surface area contributed by atoms with Crippen LogP contribution in [0, 0.1) is 18.8 Å². The lowest BCUT2D eigenvalue weighted by Gasteiger charge is -2.34. The van der Waals surface area contributed by atoms with Crippen LogP contribution in [0.4, 0.5) is 5.69 Å². The molecule has 1 atom stereocenters. The highest BCUT2D eigenvalue weighted by Gasteiger charge is 2.47. The quantitative estimate of drug-likeness (QED) is 0.647. The highest BCUT2D eigenvalue weighted by Crippen LogP contribution is 2.35. The van der Waals surface area contributed by atoms with E-state index < -0.39 is 16.5 Å². The number of aliphatic imine (C=N–C) groups is 1. The predicted octanol–water partition coefficient (Wildman–Crippen LogP) is 3.84. The summed E-state index contributed by atoms with van der Waals surface area (Å²) in [4.78, 5) is 31.0. The molecule has 2 amide bonds. The number of carbonyl (C=O) groups excluding carboxylic acids is 2. The molecule has 2 aliphatic heterocycles. The summed E-state index contributed by atoms with van der Waals surface area (Å²) in [6, 6.07) is 5.89. The molecule has 1 aromatic carbocycles. The van der Waals surface area contributed by atoms with Crippen molar-refractivity contribution in [1.82, 2.24) is 9.62 Å². The van der Waals surface area contributed by atoms with Gasteiger partial charge in [-0.2, -0.15) is 0 Å². The molecule has 1 spiro atoms. The Balaban J connectivity index is 1.30. The Morgan fingerprint density at radius 1 is 1.26 bits per heavy atom. The zero-order valence-corrected chi connectivity index (χ0v) is 22.2. The second-order valence-electron chi connectivity index (χ2n) is 10.4. The van der Waals surface area contributed by atoms with Crippen molar-refractivity contribution in [2.75, 3.05) is 30.8 Å². The van der Waals surface area contributed by atoms with Gasteiger partial charge in [0.2, 0.25) is 5.91 Å². The minimum absolute atomic E-state index is 0.00739. The Morgan fingerprint density at radius 2 is 1.94 bits per heavy atom. The fraction of sp³-hybridized carbons (Fsp3) is 0.593. The lowest BCUT2D eigenvalue weighted by Crippen LogP contribution is -2.49. The lowest BCUT2D eigenvalue weighted by atomic mass is 9.82. The van der Waals surface area contributed by atoms with Crippen molar-refractivity contribution in [3.05, 3.63) is 35.4 Å². The Morgan fingerprint density at radius 3 is 2.57 bits per heavy atom. The van der Waals surface area contributed by atoms with Crippen molar-refractivity contribution in [2.24, 2.45) is 16.8 Å². The fourth-order valence-corrected chi connectivity index (χ4v) is 6.33. The molecule has 8 heteroatoms. The van der Waals surface area contributed by atoms with Gasteiger partial charge in [0.1, 0.15) is 11.4 Å². The minimum atomic E-state index is -1.14. The van der Waals surface area contributed by atoms with Crippen molar-refractivity contribution < 1.29 is 13.8 Å². The summed E-state index contributed by atoms with van der Waals surface area (Å²) in [6.45, 7) is 7.06. The molecule has 7 nitrogen and oxygen atoms in total. The van der Waals surface area contributed by atoms with Gasteiger partial charge >= 0.3 is 0 Å². The van der Waals surface area contributed by atoms with Crippen molar-refractivity contribution >= 4 is 40.4 Å². The Bertz CT molecular complexity index is 1050. The molecular weight excluding hydrogens is 460 g/mol. The monoisotopic (exact) mass is 498 g/mol. The highest BCUT2D eigenvalue weighted by molar-refractivity contribution is 7.82. The molecule has 0 bridgehead atoms. The van der Waals surface area contributed by atoms with Crippen LogP contribution in [0.3, 0.4) is 0 Å². The molecule has 35 heavy (non-hydrogen) atoms. The third-order valence-corrected chi connectivity index (χ3v) is 9.31. The number of carbonyl (C=O) groups is 2. The van der Waals surface area contributed by atoms with Crippen LogP contribution in [0.15, 0.2) is 29.3 Å². The second-order valence-corrected chi connectivity index (χ2v) is 11.9. The number of hydrogen-bond donors (Lipinski definition) is 1. The molecule has 1 aromatic rings. The van der Waals surface area contributed by atoms with Crippen molar-refractivity contribution in [3.63, 3.8) is 0 Å². The summed E-state index contributed by atoms with van der Waals surface area (Å²) in [5.74, 6) is 2.50. The first kappa shape index (κ1) is 25.8. The SMILES string of the molecule is CC(=O)N(C)c1ccc(/C=C/CS(=O)N2CCC3(CC2)N=C(C2CCC(C)CC2)NC3=O)c(C)c1. The maximum Gasteiger partial charge on any atom is 0.253 e. The van der Waals surface area contributed by atoms with Gasteiger partial charge in [-0.3, -0.25) is 14.6 Å². The summed E-state index contributed by atoms with van der Waals surface area (Å²) in [7, 11) is 0.624. The van der Waals surface area contributed by atoms with E-state index in [1.807, 2.05) is 41.6 Å². The van der Waals surface area contributed by atoms with Gasteiger partial charge in [0.25, 0.3) is 5.91 Å². The molecule has 1 saturated heterocycles. The molecule has 1 unspecified atom stereocenters. The predicted molar refractivity (Wildman–Crippen MR) is 143 cm³/mol. The maximum atomic E-state index is 12.9. The van der Waals surface area contributed by atoms with Crippen LogP contribution < -0.4 is 10.2 Å². The number of nitrogens with one attached hydrogen (secondary N) is 1. The molecule has 4 rings (SSSR count). The number of hydrogen-bond acceptors (Lipinski definition) is 4. The topological polar surface area (TPSA) is 82.1 Å². The molecule has 3 aliphatic rings.